The van der Waals surface area contributed by atoms with Crippen molar-refractivity contribution in [1.82, 2.24) is 19.6 Å². The standard InChI is InChI=1S/C12H10N4O/c1-17-10-4-2-3-9(7-10)12-13-6-5-11-15-14-8-16(11)12/h2-8H,1H3. The Morgan fingerprint density at radius 3 is 3.06 bits per heavy atom. The fraction of sp³-hybridized carbons (Fsp3) is 0.0833. The zero-order valence-corrected chi connectivity index (χ0v) is 9.24. The van der Waals surface area contributed by atoms with Gasteiger partial charge in [-0.1, -0.05) is 12.1 Å². The minimum absolute atomic E-state index is 0.776. The molecular weight excluding hydrogens is 216 g/mol. The molecule has 0 radical (unpaired) electrons. The summed E-state index contributed by atoms with van der Waals surface area (Å²) >= 11 is 0. The molecule has 0 aliphatic rings. The van der Waals surface area contributed by atoms with Crippen LogP contribution in [0, 0.1) is 0 Å². The zero-order valence-electron chi connectivity index (χ0n) is 9.24. The van der Waals surface area contributed by atoms with Crippen LogP contribution >= 0.6 is 0 Å². The van der Waals surface area contributed by atoms with E-state index in [0.717, 1.165) is 22.8 Å². The van der Waals surface area contributed by atoms with Crippen LogP contribution in [-0.4, -0.2) is 26.7 Å². The van der Waals surface area contributed by atoms with E-state index in [1.165, 1.54) is 0 Å². The maximum Gasteiger partial charge on any atom is 0.163 e. The van der Waals surface area contributed by atoms with Crippen molar-refractivity contribution < 1.29 is 4.74 Å². The normalized spacial score (nSPS) is 10.6. The summed E-state index contributed by atoms with van der Waals surface area (Å²) in [4.78, 5) is 4.35. The first kappa shape index (κ1) is 9.77. The number of hydrogen-bond donors (Lipinski definition) is 0. The molecule has 0 amide bonds. The number of aromatic nitrogens is 4. The van der Waals surface area contributed by atoms with Crippen molar-refractivity contribution in [3.05, 3.63) is 42.9 Å². The van der Waals surface area contributed by atoms with Gasteiger partial charge in [-0.2, -0.15) is 0 Å². The number of ether oxygens (including phenoxy) is 1. The average Bonchev–Trinajstić information content (AvgIpc) is 2.87. The first-order valence-electron chi connectivity index (χ1n) is 5.17. The summed E-state index contributed by atoms with van der Waals surface area (Å²) in [6.45, 7) is 0. The van der Waals surface area contributed by atoms with Gasteiger partial charge in [0.1, 0.15) is 17.9 Å². The summed E-state index contributed by atoms with van der Waals surface area (Å²) < 4.78 is 7.04. The second kappa shape index (κ2) is 3.86. The molecule has 0 aliphatic carbocycles. The van der Waals surface area contributed by atoms with Crippen molar-refractivity contribution in [3.63, 3.8) is 0 Å². The number of rotatable bonds is 2. The summed E-state index contributed by atoms with van der Waals surface area (Å²) in [6, 6.07) is 9.55. The molecule has 3 aromatic rings. The molecule has 0 aliphatic heterocycles. The van der Waals surface area contributed by atoms with Gasteiger partial charge in [0, 0.05) is 17.8 Å². The first-order chi connectivity index (χ1) is 8.38. The van der Waals surface area contributed by atoms with Crippen LogP contribution in [0.3, 0.4) is 0 Å². The van der Waals surface area contributed by atoms with Crippen LogP contribution in [0.25, 0.3) is 17.0 Å². The van der Waals surface area contributed by atoms with Gasteiger partial charge in [-0.05, 0) is 12.1 Å². The van der Waals surface area contributed by atoms with Gasteiger partial charge in [-0.15, -0.1) is 10.2 Å². The highest BCUT2D eigenvalue weighted by Crippen LogP contribution is 2.22. The number of benzene rings is 1. The van der Waals surface area contributed by atoms with E-state index in [-0.39, 0.29) is 0 Å². The van der Waals surface area contributed by atoms with Gasteiger partial charge in [-0.25, -0.2) is 4.98 Å². The maximum atomic E-state index is 5.20. The van der Waals surface area contributed by atoms with E-state index < -0.39 is 0 Å². The molecule has 0 fully saturated rings. The first-order valence-corrected chi connectivity index (χ1v) is 5.17. The topological polar surface area (TPSA) is 52.3 Å². The van der Waals surface area contributed by atoms with E-state index in [1.807, 2.05) is 34.7 Å². The Bertz CT molecular complexity index is 662. The number of methoxy groups -OCH3 is 1. The quantitative estimate of drug-likeness (QED) is 0.668. The molecular formula is C12H10N4O. The summed E-state index contributed by atoms with van der Waals surface area (Å²) in [5.74, 6) is 1.60. The van der Waals surface area contributed by atoms with Crippen molar-refractivity contribution in [2.75, 3.05) is 7.11 Å². The number of hydrogen-bond acceptors (Lipinski definition) is 4. The van der Waals surface area contributed by atoms with E-state index in [1.54, 1.807) is 19.6 Å². The lowest BCUT2D eigenvalue weighted by molar-refractivity contribution is 0.415. The minimum Gasteiger partial charge on any atom is -0.497 e. The van der Waals surface area contributed by atoms with Crippen LogP contribution < -0.4 is 4.74 Å². The van der Waals surface area contributed by atoms with Gasteiger partial charge in [-0.3, -0.25) is 4.40 Å². The summed E-state index contributed by atoms with van der Waals surface area (Å²) in [5.41, 5.74) is 1.74. The highest BCUT2D eigenvalue weighted by molar-refractivity contribution is 5.60. The van der Waals surface area contributed by atoms with Gasteiger partial charge >= 0.3 is 0 Å². The Hall–Kier alpha value is -2.43. The SMILES string of the molecule is COc1cccc(-c2nccc3nncn23)c1. The lowest BCUT2D eigenvalue weighted by atomic mass is 10.2. The highest BCUT2D eigenvalue weighted by Gasteiger charge is 2.06. The molecule has 5 nitrogen and oxygen atoms in total. The minimum atomic E-state index is 0.776. The van der Waals surface area contributed by atoms with Crippen LogP contribution in [0.4, 0.5) is 0 Å². The van der Waals surface area contributed by atoms with E-state index in [0.29, 0.717) is 0 Å². The van der Waals surface area contributed by atoms with Crippen molar-refractivity contribution >= 4 is 5.65 Å². The summed E-state index contributed by atoms with van der Waals surface area (Å²) in [5, 5.41) is 7.86. The molecule has 84 valence electrons. The molecule has 2 heterocycles. The largest absolute Gasteiger partial charge is 0.497 e. The van der Waals surface area contributed by atoms with Crippen LogP contribution in [0.1, 0.15) is 0 Å². The number of nitrogens with zero attached hydrogens (tertiary/aromatic N) is 4. The van der Waals surface area contributed by atoms with Gasteiger partial charge in [0.15, 0.2) is 5.65 Å². The van der Waals surface area contributed by atoms with Crippen LogP contribution in [0.5, 0.6) is 5.75 Å². The average molecular weight is 226 g/mol. The Morgan fingerprint density at radius 1 is 1.24 bits per heavy atom. The molecule has 0 saturated heterocycles. The second-order valence-corrected chi connectivity index (χ2v) is 3.56. The van der Waals surface area contributed by atoms with E-state index in [4.69, 9.17) is 4.74 Å². The third-order valence-corrected chi connectivity index (χ3v) is 2.55. The van der Waals surface area contributed by atoms with Crippen molar-refractivity contribution in [1.29, 1.82) is 0 Å². The summed E-state index contributed by atoms with van der Waals surface area (Å²) in [7, 11) is 1.64. The number of fused-ring (bicyclic) bond motifs is 1. The fourth-order valence-corrected chi connectivity index (χ4v) is 1.73. The van der Waals surface area contributed by atoms with Gasteiger partial charge in [0.2, 0.25) is 0 Å². The monoisotopic (exact) mass is 226 g/mol. The summed E-state index contributed by atoms with van der Waals surface area (Å²) in [6.07, 6.45) is 3.37. The predicted molar refractivity (Wildman–Crippen MR) is 62.8 cm³/mol. The second-order valence-electron chi connectivity index (χ2n) is 3.56. The molecule has 0 saturated carbocycles. The molecule has 17 heavy (non-hydrogen) atoms. The van der Waals surface area contributed by atoms with Gasteiger partial charge in [0.25, 0.3) is 0 Å². The zero-order chi connectivity index (χ0) is 11.7. The maximum absolute atomic E-state index is 5.20. The molecule has 2 aromatic heterocycles. The van der Waals surface area contributed by atoms with Crippen LogP contribution in [-0.2, 0) is 0 Å². The Labute approximate surface area is 97.7 Å². The molecule has 0 bridgehead atoms. The third kappa shape index (κ3) is 1.61. The Balaban J connectivity index is 2.23. The van der Waals surface area contributed by atoms with E-state index >= 15 is 0 Å². The van der Waals surface area contributed by atoms with Crippen molar-refractivity contribution in [3.8, 4) is 17.1 Å². The van der Waals surface area contributed by atoms with E-state index in [2.05, 4.69) is 15.2 Å². The van der Waals surface area contributed by atoms with Crippen molar-refractivity contribution in [2.45, 2.75) is 0 Å². The molecule has 5 heteroatoms. The lowest BCUT2D eigenvalue weighted by Gasteiger charge is -2.05. The van der Waals surface area contributed by atoms with Gasteiger partial charge in [0.05, 0.1) is 7.11 Å². The van der Waals surface area contributed by atoms with Crippen LogP contribution in [0.15, 0.2) is 42.9 Å². The Kier molecular flexibility index (Phi) is 2.22. The fourth-order valence-electron chi connectivity index (χ4n) is 1.73. The predicted octanol–water partition coefficient (Wildman–Crippen LogP) is 1.80. The third-order valence-electron chi connectivity index (χ3n) is 2.55. The molecule has 1 aromatic carbocycles. The molecule has 0 N–H and O–H groups in total. The highest BCUT2D eigenvalue weighted by atomic mass is 16.5. The van der Waals surface area contributed by atoms with Crippen LogP contribution in [0.2, 0.25) is 0 Å². The molecule has 0 spiro atoms. The van der Waals surface area contributed by atoms with Gasteiger partial charge < -0.3 is 4.74 Å². The smallest absolute Gasteiger partial charge is 0.163 e. The molecule has 3 rings (SSSR count). The lowest BCUT2D eigenvalue weighted by Crippen LogP contribution is -1.94. The molecule has 0 unspecified atom stereocenters. The molecule has 0 atom stereocenters. The van der Waals surface area contributed by atoms with E-state index in [9.17, 15) is 0 Å². The van der Waals surface area contributed by atoms with Crippen molar-refractivity contribution in [2.24, 2.45) is 0 Å². The Morgan fingerprint density at radius 2 is 2.18 bits per heavy atom.